The molecule has 0 atom stereocenters. The van der Waals surface area contributed by atoms with Crippen molar-refractivity contribution in [1.29, 1.82) is 0 Å². The first-order valence-corrected chi connectivity index (χ1v) is 7.75. The monoisotopic (exact) mass is 332 g/mol. The summed E-state index contributed by atoms with van der Waals surface area (Å²) in [6.07, 6.45) is 0. The Morgan fingerprint density at radius 3 is 2.65 bits per heavy atom. The van der Waals surface area contributed by atoms with Crippen LogP contribution < -0.4 is 4.65 Å². The second-order valence-corrected chi connectivity index (χ2v) is 6.19. The van der Waals surface area contributed by atoms with E-state index in [2.05, 4.69) is 0 Å². The first-order valence-electron chi connectivity index (χ1n) is 6.94. The molecule has 120 valence electrons. The van der Waals surface area contributed by atoms with Crippen LogP contribution in [0.15, 0.2) is 52.3 Å². The van der Waals surface area contributed by atoms with Gasteiger partial charge in [0.05, 0.1) is 15.9 Å². The van der Waals surface area contributed by atoms with Crippen LogP contribution in [0, 0.1) is 10.1 Å². The van der Waals surface area contributed by atoms with Crippen molar-refractivity contribution >= 4 is 25.1 Å². The lowest BCUT2D eigenvalue weighted by Gasteiger charge is -2.14. The Labute approximate surface area is 139 Å². The van der Waals surface area contributed by atoms with E-state index in [0.29, 0.717) is 4.90 Å². The highest BCUT2D eigenvalue weighted by molar-refractivity contribution is 7.99. The van der Waals surface area contributed by atoms with Crippen molar-refractivity contribution < 1.29 is 14.6 Å². The average molecular weight is 332 g/mol. The maximum atomic E-state index is 11.3. The molecule has 2 aromatic rings. The van der Waals surface area contributed by atoms with Crippen LogP contribution in [-0.2, 0) is 6.54 Å². The molecule has 8 heteroatoms. The Morgan fingerprint density at radius 1 is 1.26 bits per heavy atom. The van der Waals surface area contributed by atoms with Crippen LogP contribution in [0.1, 0.15) is 5.56 Å². The summed E-state index contributed by atoms with van der Waals surface area (Å²) >= 11 is 1.35. The lowest BCUT2D eigenvalue weighted by Crippen LogP contribution is -2.11. The largest absolute Gasteiger partial charge is 0.539 e. The molecule has 0 amide bonds. The first kappa shape index (κ1) is 17.3. The van der Waals surface area contributed by atoms with Gasteiger partial charge in [-0.3, -0.25) is 10.1 Å². The number of nitrogens with zero attached hydrogens (tertiary/aromatic N) is 2. The number of nitro benzene ring substituents is 1. The molecule has 0 saturated carbocycles. The number of benzene rings is 2. The second-order valence-electron chi connectivity index (χ2n) is 5.11. The molecule has 0 aliphatic rings. The van der Waals surface area contributed by atoms with Crippen molar-refractivity contribution in [3.8, 4) is 5.75 Å². The van der Waals surface area contributed by atoms with Crippen molar-refractivity contribution in [1.82, 2.24) is 4.90 Å². The van der Waals surface area contributed by atoms with E-state index in [1.807, 2.05) is 43.3 Å². The van der Waals surface area contributed by atoms with E-state index in [0.717, 1.165) is 17.0 Å². The fourth-order valence-electron chi connectivity index (χ4n) is 2.08. The summed E-state index contributed by atoms with van der Waals surface area (Å²) in [5, 5.41) is 20.1. The Kier molecular flexibility index (Phi) is 6.03. The lowest BCUT2D eigenvalue weighted by atomic mass is 10.2. The summed E-state index contributed by atoms with van der Waals surface area (Å²) in [5.41, 5.74) is 1.06. The summed E-state index contributed by atoms with van der Waals surface area (Å²) in [4.78, 5) is 14.4. The zero-order valence-corrected chi connectivity index (χ0v) is 13.7. The average Bonchev–Trinajstić information content (AvgIpc) is 2.50. The van der Waals surface area contributed by atoms with Crippen LogP contribution in [-0.4, -0.2) is 36.6 Å². The molecule has 23 heavy (non-hydrogen) atoms. The molecule has 0 saturated heterocycles. The van der Waals surface area contributed by atoms with Crippen molar-refractivity contribution in [2.45, 2.75) is 16.3 Å². The molecule has 2 aromatic carbocycles. The van der Waals surface area contributed by atoms with Crippen LogP contribution in [0.25, 0.3) is 0 Å². The van der Waals surface area contributed by atoms with Crippen LogP contribution in [0.2, 0.25) is 0 Å². The number of nitro groups is 1. The maximum absolute atomic E-state index is 11.3. The predicted octanol–water partition coefficient (Wildman–Crippen LogP) is 2.45. The normalized spacial score (nSPS) is 10.6. The molecular weight excluding hydrogens is 315 g/mol. The molecule has 0 unspecified atom stereocenters. The third-order valence-electron chi connectivity index (χ3n) is 3.04. The number of hydrogen-bond donors (Lipinski definition) is 1. The minimum atomic E-state index is -0.519. The van der Waals surface area contributed by atoms with Crippen LogP contribution >= 0.6 is 11.8 Å². The van der Waals surface area contributed by atoms with E-state index in [4.69, 9.17) is 9.68 Å². The van der Waals surface area contributed by atoms with Gasteiger partial charge in [0.2, 0.25) is 0 Å². The van der Waals surface area contributed by atoms with E-state index in [-0.39, 0.29) is 11.4 Å². The summed E-state index contributed by atoms with van der Waals surface area (Å²) in [5.74, 6) is 0.269. The van der Waals surface area contributed by atoms with Gasteiger partial charge in [0, 0.05) is 11.4 Å². The Hall–Kier alpha value is -2.03. The molecule has 0 heterocycles. The standard InChI is InChI=1S/C15H17BN2O4S/c1-17(2)10-11-5-3-4-6-14(11)23-15-8-7-12(22-16-19)9-13(15)18(20)21/h3-9,16,19H,10H2,1-2H3. The SMILES string of the molecule is CN(C)Cc1ccccc1Sc1ccc(OBO)cc1[N+](=O)[O-]. The summed E-state index contributed by atoms with van der Waals surface area (Å²) in [7, 11) is 3.44. The van der Waals surface area contributed by atoms with Crippen molar-refractivity contribution in [3.05, 3.63) is 58.1 Å². The highest BCUT2D eigenvalue weighted by atomic mass is 32.2. The molecule has 6 nitrogen and oxygen atoms in total. The summed E-state index contributed by atoms with van der Waals surface area (Å²) < 4.78 is 4.91. The Balaban J connectivity index is 2.35. The molecule has 0 aromatic heterocycles. The van der Waals surface area contributed by atoms with Gasteiger partial charge in [-0.15, -0.1) is 0 Å². The maximum Gasteiger partial charge on any atom is 0.504 e. The lowest BCUT2D eigenvalue weighted by molar-refractivity contribution is -0.387. The number of rotatable bonds is 7. The van der Waals surface area contributed by atoms with E-state index >= 15 is 0 Å². The van der Waals surface area contributed by atoms with Crippen molar-refractivity contribution in [2.75, 3.05) is 14.1 Å². The van der Waals surface area contributed by atoms with Gasteiger partial charge in [-0.05, 0) is 37.9 Å². The van der Waals surface area contributed by atoms with E-state index < -0.39 is 12.6 Å². The van der Waals surface area contributed by atoms with E-state index in [1.165, 1.54) is 17.8 Å². The van der Waals surface area contributed by atoms with Crippen LogP contribution in [0.3, 0.4) is 0 Å². The molecule has 0 fully saturated rings. The van der Waals surface area contributed by atoms with Gasteiger partial charge in [-0.2, -0.15) is 0 Å². The third kappa shape index (κ3) is 4.72. The minimum absolute atomic E-state index is 0.0411. The molecule has 1 N–H and O–H groups in total. The fourth-order valence-corrected chi connectivity index (χ4v) is 3.10. The smallest absolute Gasteiger partial charge is 0.504 e. The van der Waals surface area contributed by atoms with Gasteiger partial charge in [0.25, 0.3) is 5.69 Å². The zero-order chi connectivity index (χ0) is 16.8. The molecule has 0 radical (unpaired) electrons. The second kappa shape index (κ2) is 8.00. The zero-order valence-electron chi connectivity index (χ0n) is 12.9. The van der Waals surface area contributed by atoms with Gasteiger partial charge in [-0.25, -0.2) is 0 Å². The Bertz CT molecular complexity index is 697. The van der Waals surface area contributed by atoms with Crippen LogP contribution in [0.5, 0.6) is 5.75 Å². The van der Waals surface area contributed by atoms with Gasteiger partial charge >= 0.3 is 7.69 Å². The molecule has 0 aliphatic heterocycles. The third-order valence-corrected chi connectivity index (χ3v) is 4.22. The fraction of sp³-hybridized carbons (Fsp3) is 0.200. The van der Waals surface area contributed by atoms with Gasteiger partial charge < -0.3 is 14.6 Å². The molecule has 2 rings (SSSR count). The highest BCUT2D eigenvalue weighted by Crippen LogP contribution is 2.38. The highest BCUT2D eigenvalue weighted by Gasteiger charge is 2.17. The van der Waals surface area contributed by atoms with Gasteiger partial charge in [0.1, 0.15) is 5.75 Å². The van der Waals surface area contributed by atoms with Gasteiger partial charge in [-0.1, -0.05) is 30.0 Å². The van der Waals surface area contributed by atoms with Crippen molar-refractivity contribution in [2.24, 2.45) is 0 Å². The topological polar surface area (TPSA) is 75.8 Å². The summed E-state index contributed by atoms with van der Waals surface area (Å²) in [6, 6.07) is 12.4. The first-order chi connectivity index (χ1) is 11.0. The quantitative estimate of drug-likeness (QED) is 0.477. The van der Waals surface area contributed by atoms with Gasteiger partial charge in [0.15, 0.2) is 0 Å². The molecule has 0 spiro atoms. The summed E-state index contributed by atoms with van der Waals surface area (Å²) in [6.45, 7) is 0.753. The van der Waals surface area contributed by atoms with Crippen LogP contribution in [0.4, 0.5) is 5.69 Å². The predicted molar refractivity (Wildman–Crippen MR) is 91.0 cm³/mol. The van der Waals surface area contributed by atoms with E-state index in [1.54, 1.807) is 12.1 Å². The number of hydrogen-bond acceptors (Lipinski definition) is 6. The van der Waals surface area contributed by atoms with E-state index in [9.17, 15) is 10.1 Å². The molecular formula is C15H17BN2O4S. The van der Waals surface area contributed by atoms with Crippen molar-refractivity contribution in [3.63, 3.8) is 0 Å². The molecule has 0 aliphatic carbocycles. The Morgan fingerprint density at radius 2 is 2.00 bits per heavy atom. The molecule has 0 bridgehead atoms. The minimum Gasteiger partial charge on any atom is -0.539 e.